The van der Waals surface area contributed by atoms with E-state index in [0.717, 1.165) is 22.4 Å². The molecule has 0 unspecified atom stereocenters. The fourth-order valence-corrected chi connectivity index (χ4v) is 1.76. The fraction of sp³-hybridized carbons (Fsp3) is 0.143. The molecule has 4 heteroatoms. The predicted molar refractivity (Wildman–Crippen MR) is 73.2 cm³/mol. The molecule has 1 N–H and O–H groups in total. The monoisotopic (exact) mass is 242 g/mol. The van der Waals surface area contributed by atoms with Crippen molar-refractivity contribution in [3.63, 3.8) is 0 Å². The van der Waals surface area contributed by atoms with Gasteiger partial charge in [-0.2, -0.15) is 0 Å². The van der Waals surface area contributed by atoms with Crippen molar-refractivity contribution in [1.82, 2.24) is 0 Å². The van der Waals surface area contributed by atoms with E-state index < -0.39 is 6.92 Å². The molecule has 0 amide bonds. The van der Waals surface area contributed by atoms with Crippen molar-refractivity contribution in [3.05, 3.63) is 48.5 Å². The molecule has 92 valence electrons. The van der Waals surface area contributed by atoms with Crippen LogP contribution in [0.4, 0.5) is 0 Å². The second kappa shape index (κ2) is 5.60. The minimum Gasteiger partial charge on any atom is -0.497 e. The Hall–Kier alpha value is -1.94. The third kappa shape index (κ3) is 2.66. The van der Waals surface area contributed by atoms with E-state index in [0.29, 0.717) is 0 Å². The minimum atomic E-state index is -0.637. The Kier molecular flexibility index (Phi) is 3.90. The average molecular weight is 242 g/mol. The van der Waals surface area contributed by atoms with Crippen molar-refractivity contribution in [2.45, 2.75) is 0 Å². The van der Waals surface area contributed by atoms with Crippen LogP contribution in [0, 0.1) is 0 Å². The second-order valence-corrected chi connectivity index (χ2v) is 3.95. The lowest BCUT2D eigenvalue weighted by Crippen LogP contribution is -2.42. The smallest absolute Gasteiger partial charge is 0.358 e. The van der Waals surface area contributed by atoms with Crippen molar-refractivity contribution < 1.29 is 14.5 Å². The molecule has 0 aliphatic rings. The molecule has 0 atom stereocenters. The number of methoxy groups -OCH3 is 2. The third-order valence-electron chi connectivity index (χ3n) is 2.86. The fourth-order valence-electron chi connectivity index (χ4n) is 1.76. The van der Waals surface area contributed by atoms with Crippen molar-refractivity contribution in [3.8, 4) is 11.5 Å². The Bertz CT molecular complexity index is 446. The van der Waals surface area contributed by atoms with Gasteiger partial charge in [-0.1, -0.05) is 24.3 Å². The molecular formula is C14H15BO3. The zero-order chi connectivity index (χ0) is 13.0. The Balaban J connectivity index is 2.20. The first-order valence-electron chi connectivity index (χ1n) is 5.70. The Morgan fingerprint density at radius 3 is 1.33 bits per heavy atom. The van der Waals surface area contributed by atoms with Crippen molar-refractivity contribution >= 4 is 17.8 Å². The zero-order valence-corrected chi connectivity index (χ0v) is 10.5. The highest BCUT2D eigenvalue weighted by Gasteiger charge is 2.16. The van der Waals surface area contributed by atoms with Gasteiger partial charge in [0, 0.05) is 0 Å². The molecule has 0 heterocycles. The van der Waals surface area contributed by atoms with Gasteiger partial charge >= 0.3 is 6.92 Å². The summed E-state index contributed by atoms with van der Waals surface area (Å²) in [5, 5.41) is 10.2. The van der Waals surface area contributed by atoms with E-state index in [1.807, 2.05) is 48.5 Å². The molecule has 0 bridgehead atoms. The normalized spacial score (nSPS) is 9.94. The molecular weight excluding hydrogens is 227 g/mol. The lowest BCUT2D eigenvalue weighted by molar-refractivity contribution is 0.415. The summed E-state index contributed by atoms with van der Waals surface area (Å²) in [5.41, 5.74) is 1.67. The van der Waals surface area contributed by atoms with E-state index in [1.165, 1.54) is 0 Å². The average Bonchev–Trinajstić information content (AvgIpc) is 2.47. The van der Waals surface area contributed by atoms with Crippen LogP contribution in [-0.2, 0) is 0 Å². The van der Waals surface area contributed by atoms with E-state index in [4.69, 9.17) is 9.47 Å². The molecule has 0 saturated heterocycles. The van der Waals surface area contributed by atoms with Crippen LogP contribution in [-0.4, -0.2) is 26.2 Å². The summed E-state index contributed by atoms with van der Waals surface area (Å²) < 4.78 is 10.2. The quantitative estimate of drug-likeness (QED) is 0.806. The van der Waals surface area contributed by atoms with Crippen molar-refractivity contribution in [1.29, 1.82) is 0 Å². The molecule has 18 heavy (non-hydrogen) atoms. The summed E-state index contributed by atoms with van der Waals surface area (Å²) in [6.07, 6.45) is 0. The Morgan fingerprint density at radius 2 is 1.06 bits per heavy atom. The molecule has 0 saturated carbocycles. The van der Waals surface area contributed by atoms with Crippen LogP contribution in [0.1, 0.15) is 0 Å². The van der Waals surface area contributed by atoms with Gasteiger partial charge in [-0.05, 0) is 35.2 Å². The maximum atomic E-state index is 10.2. The first kappa shape index (κ1) is 12.5. The maximum Gasteiger partial charge on any atom is 0.358 e. The molecule has 0 aromatic heterocycles. The topological polar surface area (TPSA) is 38.7 Å². The van der Waals surface area contributed by atoms with Crippen LogP contribution >= 0.6 is 0 Å². The molecule has 0 aliphatic heterocycles. The number of hydrogen-bond donors (Lipinski definition) is 1. The molecule has 2 aromatic carbocycles. The van der Waals surface area contributed by atoms with Crippen LogP contribution in [0.3, 0.4) is 0 Å². The Labute approximate surface area is 107 Å². The summed E-state index contributed by atoms with van der Waals surface area (Å²) in [5.74, 6) is 1.56. The summed E-state index contributed by atoms with van der Waals surface area (Å²) in [4.78, 5) is 0. The van der Waals surface area contributed by atoms with Crippen molar-refractivity contribution in [2.75, 3.05) is 14.2 Å². The van der Waals surface area contributed by atoms with E-state index in [-0.39, 0.29) is 0 Å². The summed E-state index contributed by atoms with van der Waals surface area (Å²) >= 11 is 0. The van der Waals surface area contributed by atoms with Gasteiger partial charge in [-0.3, -0.25) is 0 Å². The lowest BCUT2D eigenvalue weighted by atomic mass is 9.56. The van der Waals surface area contributed by atoms with E-state index in [2.05, 4.69) is 0 Å². The van der Waals surface area contributed by atoms with Gasteiger partial charge in [0.1, 0.15) is 11.5 Å². The van der Waals surface area contributed by atoms with Crippen LogP contribution in [0.15, 0.2) is 48.5 Å². The number of hydrogen-bond acceptors (Lipinski definition) is 3. The van der Waals surface area contributed by atoms with Crippen LogP contribution < -0.4 is 20.4 Å². The molecule has 0 radical (unpaired) electrons. The first-order chi connectivity index (χ1) is 8.74. The van der Waals surface area contributed by atoms with Crippen LogP contribution in [0.25, 0.3) is 0 Å². The van der Waals surface area contributed by atoms with Gasteiger partial charge in [-0.15, -0.1) is 0 Å². The summed E-state index contributed by atoms with van der Waals surface area (Å²) in [7, 11) is 3.24. The molecule has 2 rings (SSSR count). The molecule has 3 nitrogen and oxygen atoms in total. The minimum absolute atomic E-state index is 0.637. The Morgan fingerprint density at radius 1 is 0.722 bits per heavy atom. The van der Waals surface area contributed by atoms with E-state index in [1.54, 1.807) is 14.2 Å². The SMILES string of the molecule is COc1ccc(B(O)c2ccc(OC)cc2)cc1. The van der Waals surface area contributed by atoms with E-state index in [9.17, 15) is 5.02 Å². The maximum absolute atomic E-state index is 10.2. The van der Waals surface area contributed by atoms with Crippen LogP contribution in [0.5, 0.6) is 11.5 Å². The van der Waals surface area contributed by atoms with Crippen LogP contribution in [0.2, 0.25) is 0 Å². The predicted octanol–water partition coefficient (Wildman–Crippen LogP) is 0.802. The lowest BCUT2D eigenvalue weighted by Gasteiger charge is -2.09. The van der Waals surface area contributed by atoms with Gasteiger partial charge in [-0.25, -0.2) is 0 Å². The van der Waals surface area contributed by atoms with Gasteiger partial charge in [0.05, 0.1) is 14.2 Å². The highest BCUT2D eigenvalue weighted by Crippen LogP contribution is 2.08. The second-order valence-electron chi connectivity index (χ2n) is 3.95. The summed E-state index contributed by atoms with van der Waals surface area (Å²) in [6.45, 7) is -0.637. The number of rotatable bonds is 4. The standard InChI is InChI=1S/C14H15BO3/c1-17-13-7-3-11(4-8-13)15(16)12-5-9-14(18-2)10-6-12/h3-10,16H,1-2H3. The van der Waals surface area contributed by atoms with Crippen molar-refractivity contribution in [2.24, 2.45) is 0 Å². The van der Waals surface area contributed by atoms with Gasteiger partial charge in [0.25, 0.3) is 0 Å². The third-order valence-corrected chi connectivity index (χ3v) is 2.86. The number of ether oxygens (including phenoxy) is 2. The molecule has 0 aliphatic carbocycles. The van der Waals surface area contributed by atoms with Gasteiger partial charge in [0.2, 0.25) is 0 Å². The molecule has 0 fully saturated rings. The number of benzene rings is 2. The highest BCUT2D eigenvalue weighted by atomic mass is 16.5. The summed E-state index contributed by atoms with van der Waals surface area (Å²) in [6, 6.07) is 14.8. The van der Waals surface area contributed by atoms with Gasteiger partial charge < -0.3 is 14.5 Å². The zero-order valence-electron chi connectivity index (χ0n) is 10.5. The van der Waals surface area contributed by atoms with Gasteiger partial charge in [0.15, 0.2) is 0 Å². The van der Waals surface area contributed by atoms with E-state index >= 15 is 0 Å². The molecule has 2 aromatic rings. The first-order valence-corrected chi connectivity index (χ1v) is 5.70. The largest absolute Gasteiger partial charge is 0.497 e. The highest BCUT2D eigenvalue weighted by molar-refractivity contribution is 6.78. The molecule has 0 spiro atoms.